The van der Waals surface area contributed by atoms with Gasteiger partial charge in [-0.3, -0.25) is 0 Å². The molecule has 0 N–H and O–H groups in total. The van der Waals surface area contributed by atoms with E-state index < -0.39 is 0 Å². The van der Waals surface area contributed by atoms with Gasteiger partial charge in [0.2, 0.25) is 0 Å². The molecule has 0 amide bonds. The summed E-state index contributed by atoms with van der Waals surface area (Å²) in [4.78, 5) is 0. The summed E-state index contributed by atoms with van der Waals surface area (Å²) in [6.07, 6.45) is 7.92. The van der Waals surface area contributed by atoms with Gasteiger partial charge in [-0.1, -0.05) is 18.2 Å². The Morgan fingerprint density at radius 1 is 1.36 bits per heavy atom. The molecule has 1 rings (SSSR count). The third-order valence-corrected chi connectivity index (χ3v) is 1.66. The fourth-order valence-corrected chi connectivity index (χ4v) is 1.06. The second-order valence-corrected chi connectivity index (χ2v) is 2.71. The van der Waals surface area contributed by atoms with E-state index in [-0.39, 0.29) is 0 Å². The highest BCUT2D eigenvalue weighted by Crippen LogP contribution is 2.18. The molecule has 56 valence electrons. The van der Waals surface area contributed by atoms with Gasteiger partial charge in [-0.25, -0.2) is 0 Å². The van der Waals surface area contributed by atoms with E-state index in [2.05, 4.69) is 19.2 Å². The molecule has 0 spiro atoms. The highest BCUT2D eigenvalue weighted by atomic mass is 14.0. The summed E-state index contributed by atoms with van der Waals surface area (Å²) in [7, 11) is 0. The van der Waals surface area contributed by atoms with Crippen LogP contribution in [0.15, 0.2) is 53.3 Å². The van der Waals surface area contributed by atoms with E-state index >= 15 is 0 Å². The van der Waals surface area contributed by atoms with Crippen LogP contribution in [0.25, 0.3) is 0 Å². The molecule has 0 heterocycles. The van der Waals surface area contributed by atoms with Gasteiger partial charge < -0.3 is 0 Å². The van der Waals surface area contributed by atoms with Gasteiger partial charge in [-0.05, 0) is 43.2 Å². The highest BCUT2D eigenvalue weighted by Gasteiger charge is 1.98. The zero-order valence-corrected chi connectivity index (χ0v) is 7.02. The molecule has 0 heteroatoms. The van der Waals surface area contributed by atoms with E-state index in [9.17, 15) is 0 Å². The first-order valence-corrected chi connectivity index (χ1v) is 3.67. The van der Waals surface area contributed by atoms with Gasteiger partial charge in [-0.15, -0.1) is 5.73 Å². The van der Waals surface area contributed by atoms with Gasteiger partial charge in [-0.2, -0.15) is 0 Å². The number of allylic oxidation sites excluding steroid dienone is 6. The van der Waals surface area contributed by atoms with Crippen molar-refractivity contribution in [1.82, 2.24) is 0 Å². The summed E-state index contributed by atoms with van der Waals surface area (Å²) < 4.78 is 0. The molecule has 11 heavy (non-hydrogen) atoms. The lowest BCUT2D eigenvalue weighted by Crippen LogP contribution is -1.84. The molecular formula is C11H12. The summed E-state index contributed by atoms with van der Waals surface area (Å²) in [5, 5.41) is 0. The molecule has 0 aromatic heterocycles. The first-order valence-electron chi connectivity index (χ1n) is 3.67. The molecule has 1 aliphatic rings. The fourth-order valence-electron chi connectivity index (χ4n) is 1.06. The summed E-state index contributed by atoms with van der Waals surface area (Å²) in [5.41, 5.74) is 6.59. The second-order valence-electron chi connectivity index (χ2n) is 2.71. The van der Waals surface area contributed by atoms with Crippen molar-refractivity contribution in [3.63, 3.8) is 0 Å². The quantitative estimate of drug-likeness (QED) is 0.496. The molecule has 1 aliphatic carbocycles. The van der Waals surface area contributed by atoms with Crippen LogP contribution in [0.5, 0.6) is 0 Å². The molecule has 0 nitrogen and oxygen atoms in total. The molecule has 0 unspecified atom stereocenters. The Bertz CT molecular complexity index is 292. The van der Waals surface area contributed by atoms with Crippen LogP contribution in [-0.4, -0.2) is 0 Å². The van der Waals surface area contributed by atoms with E-state index in [0.717, 1.165) is 5.57 Å². The Morgan fingerprint density at radius 2 is 2.00 bits per heavy atom. The molecule has 0 atom stereocenters. The Hall–Kier alpha value is -1.26. The molecular weight excluding hydrogens is 132 g/mol. The summed E-state index contributed by atoms with van der Waals surface area (Å²) in [6.45, 7) is 8.00. The number of rotatable bonds is 1. The lowest BCUT2D eigenvalue weighted by molar-refractivity contribution is 1.34. The van der Waals surface area contributed by atoms with Crippen LogP contribution in [0.4, 0.5) is 0 Å². The standard InChI is InChI=1S/C11H12/c1-9(2)11-8-6-4-5-7-10(11)3/h5-8H,1H2,2-3H3. The average Bonchev–Trinajstić information content (AvgIpc) is 2.13. The minimum absolute atomic E-state index is 1.10. The van der Waals surface area contributed by atoms with Crippen LogP contribution in [0.3, 0.4) is 0 Å². The largest absolute Gasteiger partial charge is 0.121 e. The normalized spacial score (nSPS) is 15.5. The molecule has 0 saturated carbocycles. The van der Waals surface area contributed by atoms with Crippen molar-refractivity contribution in [2.24, 2.45) is 0 Å². The van der Waals surface area contributed by atoms with Crippen molar-refractivity contribution < 1.29 is 0 Å². The maximum absolute atomic E-state index is 3.90. The number of hydrogen-bond acceptors (Lipinski definition) is 0. The fraction of sp³-hybridized carbons (Fsp3) is 0.182. The Kier molecular flexibility index (Phi) is 2.30. The lowest BCUT2D eigenvalue weighted by Gasteiger charge is -2.03. The van der Waals surface area contributed by atoms with Gasteiger partial charge in [0.25, 0.3) is 0 Å². The van der Waals surface area contributed by atoms with E-state index in [4.69, 9.17) is 0 Å². The molecule has 0 aliphatic heterocycles. The number of hydrogen-bond donors (Lipinski definition) is 0. The van der Waals surface area contributed by atoms with E-state index in [0.29, 0.717) is 0 Å². The summed E-state index contributed by atoms with van der Waals surface area (Å²) in [6, 6.07) is 0. The summed E-state index contributed by atoms with van der Waals surface area (Å²) in [5.74, 6) is 0. The van der Waals surface area contributed by atoms with Gasteiger partial charge >= 0.3 is 0 Å². The molecule has 0 bridgehead atoms. The zero-order valence-electron chi connectivity index (χ0n) is 7.02. The van der Waals surface area contributed by atoms with Gasteiger partial charge in [0, 0.05) is 0 Å². The van der Waals surface area contributed by atoms with E-state index in [1.165, 1.54) is 11.1 Å². The Morgan fingerprint density at radius 3 is 2.64 bits per heavy atom. The van der Waals surface area contributed by atoms with E-state index in [1.54, 1.807) is 0 Å². The van der Waals surface area contributed by atoms with Gasteiger partial charge in [0.05, 0.1) is 0 Å². The van der Waals surface area contributed by atoms with Crippen LogP contribution in [0.2, 0.25) is 0 Å². The van der Waals surface area contributed by atoms with Crippen LogP contribution in [-0.2, 0) is 0 Å². The van der Waals surface area contributed by atoms with Crippen LogP contribution in [0.1, 0.15) is 13.8 Å². The van der Waals surface area contributed by atoms with Crippen LogP contribution < -0.4 is 0 Å². The maximum atomic E-state index is 3.90. The minimum atomic E-state index is 1.10. The van der Waals surface area contributed by atoms with Gasteiger partial charge in [0.15, 0.2) is 0 Å². The van der Waals surface area contributed by atoms with Crippen molar-refractivity contribution in [3.8, 4) is 0 Å². The molecule has 0 aromatic carbocycles. The predicted molar refractivity (Wildman–Crippen MR) is 49.3 cm³/mol. The summed E-state index contributed by atoms with van der Waals surface area (Å²) >= 11 is 0. The predicted octanol–water partition coefficient (Wildman–Crippen LogP) is 3.16. The van der Waals surface area contributed by atoms with Crippen molar-refractivity contribution in [3.05, 3.63) is 53.3 Å². The zero-order chi connectivity index (χ0) is 8.27. The molecule has 0 saturated heterocycles. The minimum Gasteiger partial charge on any atom is -0.121 e. The van der Waals surface area contributed by atoms with E-state index in [1.807, 2.05) is 31.2 Å². The van der Waals surface area contributed by atoms with Crippen LogP contribution in [0, 0.1) is 0 Å². The van der Waals surface area contributed by atoms with Crippen molar-refractivity contribution in [1.29, 1.82) is 0 Å². The molecule has 0 radical (unpaired) electrons. The van der Waals surface area contributed by atoms with Gasteiger partial charge in [0.1, 0.15) is 0 Å². The maximum Gasteiger partial charge on any atom is -0.0194 e. The first-order chi connectivity index (χ1) is 5.22. The first kappa shape index (κ1) is 7.84. The monoisotopic (exact) mass is 144 g/mol. The Balaban J connectivity index is 3.07. The van der Waals surface area contributed by atoms with Crippen molar-refractivity contribution >= 4 is 0 Å². The third kappa shape index (κ3) is 1.83. The highest BCUT2D eigenvalue weighted by molar-refractivity contribution is 5.47. The molecule has 0 aromatic rings. The lowest BCUT2D eigenvalue weighted by atomic mass is 10.0. The van der Waals surface area contributed by atoms with Crippen molar-refractivity contribution in [2.45, 2.75) is 13.8 Å². The Labute approximate surface area is 67.9 Å². The molecule has 0 fully saturated rings. The third-order valence-electron chi connectivity index (χ3n) is 1.66. The average molecular weight is 144 g/mol. The second kappa shape index (κ2) is 3.23. The smallest absolute Gasteiger partial charge is 0.0194 e. The van der Waals surface area contributed by atoms with Crippen LogP contribution >= 0.6 is 0 Å². The SMILES string of the molecule is C=C(C)C1=CC=C=CC=C1C. The topological polar surface area (TPSA) is 0 Å². The van der Waals surface area contributed by atoms with Crippen molar-refractivity contribution in [2.75, 3.05) is 0 Å².